The summed E-state index contributed by atoms with van der Waals surface area (Å²) in [6.07, 6.45) is 6.78. The largest absolute Gasteiger partial charge is 0.386 e. The molecule has 4 aromatic rings. The molecular weight excluding hydrogens is 855 g/mol. The molecule has 2 aromatic carbocycles. The molecule has 2 aliphatic heterocycles. The quantitative estimate of drug-likeness (QED) is 0.208. The molecule has 0 saturated carbocycles. The highest BCUT2D eigenvalue weighted by atomic mass is 32.2. The molecule has 344 valence electrons. The highest BCUT2D eigenvalue weighted by Gasteiger charge is 2.34. The van der Waals surface area contributed by atoms with Crippen molar-refractivity contribution in [1.29, 1.82) is 0 Å². The third-order valence-electron chi connectivity index (χ3n) is 11.3. The molecule has 4 heterocycles. The zero-order chi connectivity index (χ0) is 47.2. The smallest absolute Gasteiger partial charge is 0.373 e. The van der Waals surface area contributed by atoms with E-state index in [1.165, 1.54) is 24.3 Å². The minimum Gasteiger partial charge on any atom is -0.386 e. The predicted octanol–water partition coefficient (Wildman–Crippen LogP) is 5.56. The first-order valence-corrected chi connectivity index (χ1v) is 24.5. The van der Waals surface area contributed by atoms with Gasteiger partial charge in [0.25, 0.3) is 0 Å². The molecule has 0 radical (unpaired) electrons. The van der Waals surface area contributed by atoms with Gasteiger partial charge in [-0.3, -0.25) is 0 Å². The van der Waals surface area contributed by atoms with E-state index in [4.69, 9.17) is 14.6 Å². The van der Waals surface area contributed by atoms with Crippen LogP contribution < -0.4 is 19.6 Å². The number of hydrogen-bond acceptors (Lipinski definition) is 15. The van der Waals surface area contributed by atoms with Crippen molar-refractivity contribution < 1.29 is 40.3 Å². The third kappa shape index (κ3) is 12.5. The molecule has 0 spiro atoms. The third-order valence-corrected chi connectivity index (χ3v) is 13.5. The summed E-state index contributed by atoms with van der Waals surface area (Å²) in [4.78, 5) is 42.8. The van der Waals surface area contributed by atoms with Gasteiger partial charge in [0, 0.05) is 92.5 Å². The molecule has 6 rings (SSSR count). The average molecular weight is 915 g/mol. The van der Waals surface area contributed by atoms with Crippen LogP contribution in [0.25, 0.3) is 0 Å². The Labute approximate surface area is 370 Å². The second-order valence-corrected chi connectivity index (χ2v) is 21.1. The van der Waals surface area contributed by atoms with E-state index in [-0.39, 0.29) is 33.9 Å². The van der Waals surface area contributed by atoms with Crippen LogP contribution in [0.4, 0.5) is 32.1 Å². The lowest BCUT2D eigenvalue weighted by atomic mass is 9.98. The van der Waals surface area contributed by atoms with Gasteiger partial charge in [-0.2, -0.15) is 9.59 Å². The van der Waals surface area contributed by atoms with E-state index in [1.807, 2.05) is 20.0 Å². The zero-order valence-corrected chi connectivity index (χ0v) is 39.6. The normalized spacial score (nSPS) is 17.2. The van der Waals surface area contributed by atoms with Crippen LogP contribution in [0.3, 0.4) is 0 Å². The van der Waals surface area contributed by atoms with Crippen molar-refractivity contribution in [2.75, 3.05) is 71.4 Å². The Morgan fingerprint density at radius 1 is 0.730 bits per heavy atom. The number of benzene rings is 2. The van der Waals surface area contributed by atoms with Crippen molar-refractivity contribution >= 4 is 49.1 Å². The Morgan fingerprint density at radius 2 is 1.13 bits per heavy atom. The van der Waals surface area contributed by atoms with E-state index < -0.39 is 36.9 Å². The van der Waals surface area contributed by atoms with Gasteiger partial charge < -0.3 is 24.7 Å². The molecule has 19 heteroatoms. The molecule has 2 aliphatic rings. The molecule has 1 N–H and O–H groups in total. The van der Waals surface area contributed by atoms with Crippen LogP contribution in [0.2, 0.25) is 0 Å². The van der Waals surface area contributed by atoms with Gasteiger partial charge in [-0.05, 0) is 87.9 Å². The first kappa shape index (κ1) is 50.5. The highest BCUT2D eigenvalue weighted by Crippen LogP contribution is 2.31. The fourth-order valence-electron chi connectivity index (χ4n) is 7.83. The summed E-state index contributed by atoms with van der Waals surface area (Å²) in [5, 5.41) is 10.3. The van der Waals surface area contributed by atoms with Gasteiger partial charge in [0.2, 0.25) is 11.9 Å². The summed E-state index contributed by atoms with van der Waals surface area (Å²) in [5.74, 6) is 0.503. The number of piperazine rings is 2. The first-order valence-electron chi connectivity index (χ1n) is 20.7. The van der Waals surface area contributed by atoms with Crippen molar-refractivity contribution in [1.82, 2.24) is 19.9 Å². The molecule has 15 nitrogen and oxygen atoms in total. The van der Waals surface area contributed by atoms with E-state index in [0.717, 1.165) is 47.5 Å². The van der Waals surface area contributed by atoms with E-state index in [1.54, 1.807) is 32.2 Å². The summed E-state index contributed by atoms with van der Waals surface area (Å²) in [6.45, 7) is 21.9. The zero-order valence-electron chi connectivity index (χ0n) is 37.9. The topological polar surface area (TPSA) is 187 Å². The van der Waals surface area contributed by atoms with Crippen LogP contribution in [0.1, 0.15) is 71.0 Å². The van der Waals surface area contributed by atoms with Crippen molar-refractivity contribution in [2.24, 2.45) is 11.8 Å². The minimum atomic E-state index is -3.65. The van der Waals surface area contributed by atoms with Crippen LogP contribution >= 0.6 is 0 Å². The Kier molecular flexibility index (Phi) is 16.5. The number of hydrogen-bond donors (Lipinski definition) is 1. The van der Waals surface area contributed by atoms with Crippen LogP contribution in [-0.2, 0) is 41.3 Å². The van der Waals surface area contributed by atoms with Crippen molar-refractivity contribution in [3.05, 3.63) is 82.9 Å². The average Bonchev–Trinajstić information content (AvgIpc) is 3.20. The van der Waals surface area contributed by atoms with Crippen LogP contribution in [-0.4, -0.2) is 112 Å². The van der Waals surface area contributed by atoms with Crippen LogP contribution in [0, 0.1) is 37.3 Å². The second-order valence-electron chi connectivity index (χ2n) is 17.1. The van der Waals surface area contributed by atoms with Gasteiger partial charge in [0.15, 0.2) is 19.7 Å². The number of nitrogens with zero attached hydrogens (tertiary/aromatic N) is 8. The van der Waals surface area contributed by atoms with Crippen LogP contribution in [0.5, 0.6) is 0 Å². The van der Waals surface area contributed by atoms with Gasteiger partial charge >= 0.3 is 6.15 Å². The minimum absolute atomic E-state index is 0.0767. The van der Waals surface area contributed by atoms with Crippen molar-refractivity contribution in [3.63, 3.8) is 0 Å². The van der Waals surface area contributed by atoms with Gasteiger partial charge in [-0.25, -0.2) is 45.6 Å². The number of carbonyl (C=O) groups excluding carboxylic acids is 2. The summed E-state index contributed by atoms with van der Waals surface area (Å²) < 4.78 is 75.7. The van der Waals surface area contributed by atoms with Crippen molar-refractivity contribution in [2.45, 2.75) is 96.2 Å². The molecule has 0 amide bonds. The first-order chi connectivity index (χ1) is 29.3. The van der Waals surface area contributed by atoms with E-state index in [9.17, 15) is 30.7 Å². The molecule has 2 aromatic heterocycles. The monoisotopic (exact) mass is 914 g/mol. The number of rotatable bonds is 10. The van der Waals surface area contributed by atoms with Crippen molar-refractivity contribution in [3.8, 4) is 0 Å². The SMILES string of the molecule is CCc1cnc(N2CCN(c3ccc(F)c(S(C)(=O)=O)c3)C[C@H]2C(C)C)nc1C.Cc1nc(N2CCN(c3ccc(F)c(S(C)(=O)=O)c3)C[C@H]2C(C)C)ncc1C(C)(C)O.O=C=O. The lowest BCUT2D eigenvalue weighted by Crippen LogP contribution is -2.56. The Morgan fingerprint density at radius 3 is 1.46 bits per heavy atom. The van der Waals surface area contributed by atoms with E-state index >= 15 is 0 Å². The molecule has 2 fully saturated rings. The number of halogens is 2. The van der Waals surface area contributed by atoms with Crippen LogP contribution in [0.15, 0.2) is 58.6 Å². The predicted molar refractivity (Wildman–Crippen MR) is 239 cm³/mol. The van der Waals surface area contributed by atoms with Gasteiger partial charge in [-0.1, -0.05) is 34.6 Å². The summed E-state index contributed by atoms with van der Waals surface area (Å²) in [7, 11) is -7.27. The summed E-state index contributed by atoms with van der Waals surface area (Å²) in [5.41, 5.74) is 3.96. The van der Waals surface area contributed by atoms with Gasteiger partial charge in [0.05, 0.1) is 17.7 Å². The Bertz CT molecular complexity index is 2500. The highest BCUT2D eigenvalue weighted by molar-refractivity contribution is 7.91. The number of aliphatic hydroxyl groups is 1. The fourth-order valence-corrected chi connectivity index (χ4v) is 9.35. The maximum atomic E-state index is 14.0. The summed E-state index contributed by atoms with van der Waals surface area (Å²) in [6, 6.07) is 8.80. The number of anilines is 4. The van der Waals surface area contributed by atoms with E-state index in [0.29, 0.717) is 62.4 Å². The second kappa shape index (κ2) is 20.6. The fraction of sp³-hybridized carbons (Fsp3) is 0.523. The standard InChI is InChI=1S/C22H31FN4O3S.C21H29FN4O2S.CO2/c1-14(2)19-13-26(16-7-8-18(23)20(11-16)31(6,29)30)9-10-27(19)21-24-12-17(15(3)25-21)22(4,5)28;1-6-16-12-23-21(24-15(16)4)26-10-9-25(13-19(26)14(2)3)17-7-8-18(22)20(11-17)29(5,27)28;2-1-3/h7-8,11-12,14,19,28H,9-10,13H2,1-6H3;7-8,11-12,14,19H,6,9-10,13H2,1-5H3;/t2*19-;/m00./s1. The molecule has 0 aliphatic carbocycles. The van der Waals surface area contributed by atoms with Gasteiger partial charge in [-0.15, -0.1) is 0 Å². The maximum Gasteiger partial charge on any atom is 0.373 e. The molecule has 2 saturated heterocycles. The molecule has 0 bridgehead atoms. The molecule has 63 heavy (non-hydrogen) atoms. The maximum absolute atomic E-state index is 14.0. The lowest BCUT2D eigenvalue weighted by Gasteiger charge is -2.44. The van der Waals surface area contributed by atoms with E-state index in [2.05, 4.69) is 69.2 Å². The lowest BCUT2D eigenvalue weighted by molar-refractivity contribution is -0.191. The Balaban J connectivity index is 0.000000261. The number of sulfone groups is 2. The summed E-state index contributed by atoms with van der Waals surface area (Å²) >= 11 is 0. The Hall–Kier alpha value is -5.10. The molecule has 0 unspecified atom stereocenters. The molecule has 2 atom stereocenters. The molecular formula is C44H60F2N8O7S2. The number of aromatic nitrogens is 4. The van der Waals surface area contributed by atoms with Gasteiger partial charge in [0.1, 0.15) is 21.4 Å². The number of aryl methyl sites for hydroxylation is 3.